The summed E-state index contributed by atoms with van der Waals surface area (Å²) < 4.78 is 0. The summed E-state index contributed by atoms with van der Waals surface area (Å²) in [5, 5.41) is 0. The molecule has 18 heavy (non-hydrogen) atoms. The summed E-state index contributed by atoms with van der Waals surface area (Å²) >= 11 is 0. The minimum Gasteiger partial charge on any atom is -0.324 e. The fourth-order valence-electron chi connectivity index (χ4n) is 4.11. The van der Waals surface area contributed by atoms with Crippen LogP contribution in [0.15, 0.2) is 36.0 Å². The van der Waals surface area contributed by atoms with Gasteiger partial charge < -0.3 is 5.73 Å². The van der Waals surface area contributed by atoms with Crippen LogP contribution >= 0.6 is 0 Å². The first-order chi connectivity index (χ1) is 8.75. The first-order valence-corrected chi connectivity index (χ1v) is 7.52. The van der Waals surface area contributed by atoms with Gasteiger partial charge in [0.15, 0.2) is 0 Å². The summed E-state index contributed by atoms with van der Waals surface area (Å²) in [7, 11) is 0. The van der Waals surface area contributed by atoms with Crippen molar-refractivity contribution in [2.45, 2.75) is 45.1 Å². The van der Waals surface area contributed by atoms with E-state index < -0.39 is 0 Å². The van der Waals surface area contributed by atoms with Crippen LogP contribution < -0.4 is 5.73 Å². The first kappa shape index (κ1) is 12.2. The Morgan fingerprint density at radius 3 is 2.78 bits per heavy atom. The zero-order chi connectivity index (χ0) is 12.5. The van der Waals surface area contributed by atoms with E-state index in [1.807, 2.05) is 0 Å². The number of allylic oxidation sites excluding steroid dienone is 4. The average Bonchev–Trinajstić information content (AvgIpc) is 2.41. The Hall–Kier alpha value is -0.820. The molecule has 3 aliphatic carbocycles. The quantitative estimate of drug-likeness (QED) is 0.696. The first-order valence-electron chi connectivity index (χ1n) is 7.52. The van der Waals surface area contributed by atoms with Crippen molar-refractivity contribution in [2.24, 2.45) is 29.4 Å². The van der Waals surface area contributed by atoms with E-state index in [1.165, 1.54) is 32.1 Å². The zero-order valence-electron chi connectivity index (χ0n) is 11.4. The lowest BCUT2D eigenvalue weighted by Gasteiger charge is -2.43. The van der Waals surface area contributed by atoms with Gasteiger partial charge in [-0.05, 0) is 62.7 Å². The maximum atomic E-state index is 6.25. The van der Waals surface area contributed by atoms with Gasteiger partial charge in [0, 0.05) is 6.04 Å². The fourth-order valence-corrected chi connectivity index (χ4v) is 4.11. The number of hydrogen-bond acceptors (Lipinski definition) is 1. The second kappa shape index (κ2) is 5.05. The zero-order valence-corrected chi connectivity index (χ0v) is 11.4. The number of fused-ring (bicyclic) bond motifs is 1. The number of nitrogens with two attached hydrogens (primary N) is 1. The molecule has 0 aromatic rings. The lowest BCUT2D eigenvalue weighted by molar-refractivity contribution is 0.176. The number of hydrogen-bond donors (Lipinski definition) is 1. The highest BCUT2D eigenvalue weighted by Crippen LogP contribution is 2.44. The summed E-state index contributed by atoms with van der Waals surface area (Å²) in [6, 6.07) is 0.253. The van der Waals surface area contributed by atoms with Gasteiger partial charge in [-0.1, -0.05) is 36.0 Å². The van der Waals surface area contributed by atoms with Gasteiger partial charge >= 0.3 is 0 Å². The van der Waals surface area contributed by atoms with Gasteiger partial charge in [-0.25, -0.2) is 0 Å². The van der Waals surface area contributed by atoms with E-state index in [1.54, 1.807) is 5.57 Å². The van der Waals surface area contributed by atoms with Crippen LogP contribution in [0.25, 0.3) is 0 Å². The van der Waals surface area contributed by atoms with Crippen LogP contribution in [0, 0.1) is 23.7 Å². The standard InChI is InChI=1S/C17H25N/c1-12-6-8-13(9-7-12)14-10-11-17(18)16-5-3-2-4-15(14)16/h3,5-6,10-11,13-17H,2,4,7-9,18H2,1H3. The summed E-state index contributed by atoms with van der Waals surface area (Å²) in [5.41, 5.74) is 7.84. The molecule has 0 saturated heterocycles. The molecule has 98 valence electrons. The molecule has 0 bridgehead atoms. The van der Waals surface area contributed by atoms with Crippen molar-refractivity contribution >= 4 is 0 Å². The Morgan fingerprint density at radius 2 is 2.00 bits per heavy atom. The third-order valence-electron chi connectivity index (χ3n) is 5.24. The third kappa shape index (κ3) is 2.21. The largest absolute Gasteiger partial charge is 0.324 e. The molecule has 0 aliphatic heterocycles. The van der Waals surface area contributed by atoms with Crippen LogP contribution in [0.2, 0.25) is 0 Å². The molecule has 0 radical (unpaired) electrons. The molecular formula is C17H25N. The molecule has 1 heteroatoms. The van der Waals surface area contributed by atoms with Gasteiger partial charge in [0.2, 0.25) is 0 Å². The smallest absolute Gasteiger partial charge is 0.0290 e. The lowest BCUT2D eigenvalue weighted by Crippen LogP contribution is -2.42. The van der Waals surface area contributed by atoms with E-state index in [4.69, 9.17) is 5.73 Å². The molecule has 1 nitrogen and oxygen atoms in total. The Bertz CT molecular complexity index is 390. The molecule has 0 spiro atoms. The third-order valence-corrected chi connectivity index (χ3v) is 5.24. The van der Waals surface area contributed by atoms with Crippen LogP contribution in [0.1, 0.15) is 39.0 Å². The van der Waals surface area contributed by atoms with Crippen molar-refractivity contribution in [3.63, 3.8) is 0 Å². The van der Waals surface area contributed by atoms with Gasteiger partial charge in [-0.3, -0.25) is 0 Å². The normalized spacial score (nSPS) is 43.4. The topological polar surface area (TPSA) is 26.0 Å². The predicted octanol–water partition coefficient (Wildman–Crippen LogP) is 3.83. The maximum Gasteiger partial charge on any atom is 0.0290 e. The van der Waals surface area contributed by atoms with Gasteiger partial charge in [0.1, 0.15) is 0 Å². The highest BCUT2D eigenvalue weighted by molar-refractivity contribution is 5.17. The van der Waals surface area contributed by atoms with Crippen LogP contribution in [0.5, 0.6) is 0 Å². The van der Waals surface area contributed by atoms with Gasteiger partial charge in [-0.2, -0.15) is 0 Å². The number of rotatable bonds is 1. The van der Waals surface area contributed by atoms with E-state index in [9.17, 15) is 0 Å². The maximum absolute atomic E-state index is 6.25. The predicted molar refractivity (Wildman–Crippen MR) is 77.1 cm³/mol. The van der Waals surface area contributed by atoms with Gasteiger partial charge in [0.05, 0.1) is 0 Å². The highest BCUT2D eigenvalue weighted by atomic mass is 14.7. The molecule has 0 heterocycles. The Balaban J connectivity index is 1.79. The van der Waals surface area contributed by atoms with Crippen LogP contribution in [0.4, 0.5) is 0 Å². The molecule has 5 atom stereocenters. The summed E-state index contributed by atoms with van der Waals surface area (Å²) in [6.45, 7) is 2.27. The SMILES string of the molecule is CC1=CCC(C2C=CC(N)C3C=CCCC32)CC1. The summed E-state index contributed by atoms with van der Waals surface area (Å²) in [4.78, 5) is 0. The molecule has 5 unspecified atom stereocenters. The monoisotopic (exact) mass is 243 g/mol. The molecule has 2 N–H and O–H groups in total. The molecule has 3 aliphatic rings. The highest BCUT2D eigenvalue weighted by Gasteiger charge is 2.37. The molecule has 0 aromatic carbocycles. The lowest BCUT2D eigenvalue weighted by atomic mass is 9.63. The van der Waals surface area contributed by atoms with Crippen LogP contribution in [-0.4, -0.2) is 6.04 Å². The summed E-state index contributed by atoms with van der Waals surface area (Å²) in [6.07, 6.45) is 18.4. The van der Waals surface area contributed by atoms with Crippen molar-refractivity contribution < 1.29 is 0 Å². The molecule has 3 rings (SSSR count). The fraction of sp³-hybridized carbons (Fsp3) is 0.647. The second-order valence-corrected chi connectivity index (χ2v) is 6.37. The Kier molecular flexibility index (Phi) is 3.43. The van der Waals surface area contributed by atoms with Crippen LogP contribution in [-0.2, 0) is 0 Å². The van der Waals surface area contributed by atoms with Gasteiger partial charge in [-0.15, -0.1) is 0 Å². The van der Waals surface area contributed by atoms with Crippen molar-refractivity contribution in [3.8, 4) is 0 Å². The van der Waals surface area contributed by atoms with E-state index in [0.717, 1.165) is 17.8 Å². The minimum absolute atomic E-state index is 0.253. The van der Waals surface area contributed by atoms with E-state index in [-0.39, 0.29) is 6.04 Å². The molecule has 0 saturated carbocycles. The van der Waals surface area contributed by atoms with Gasteiger partial charge in [0.25, 0.3) is 0 Å². The molecular weight excluding hydrogens is 218 g/mol. The van der Waals surface area contributed by atoms with E-state index in [2.05, 4.69) is 37.3 Å². The molecule has 0 amide bonds. The molecule has 0 fully saturated rings. The van der Waals surface area contributed by atoms with Crippen molar-refractivity contribution in [1.29, 1.82) is 0 Å². The second-order valence-electron chi connectivity index (χ2n) is 6.37. The summed E-state index contributed by atoms with van der Waals surface area (Å²) in [5.74, 6) is 3.02. The molecule has 0 aromatic heterocycles. The Morgan fingerprint density at radius 1 is 1.11 bits per heavy atom. The van der Waals surface area contributed by atoms with E-state index in [0.29, 0.717) is 5.92 Å². The van der Waals surface area contributed by atoms with E-state index >= 15 is 0 Å². The Labute approximate surface area is 111 Å². The van der Waals surface area contributed by atoms with Crippen LogP contribution in [0.3, 0.4) is 0 Å². The van der Waals surface area contributed by atoms with Crippen molar-refractivity contribution in [1.82, 2.24) is 0 Å². The van der Waals surface area contributed by atoms with Crippen molar-refractivity contribution in [2.75, 3.05) is 0 Å². The average molecular weight is 243 g/mol. The van der Waals surface area contributed by atoms with Crippen molar-refractivity contribution in [3.05, 3.63) is 36.0 Å². The minimum atomic E-state index is 0.253.